The van der Waals surface area contributed by atoms with Crippen molar-refractivity contribution in [3.63, 3.8) is 0 Å². The molecule has 1 fully saturated rings. The van der Waals surface area contributed by atoms with Gasteiger partial charge in [0.2, 0.25) is 0 Å². The van der Waals surface area contributed by atoms with Crippen LogP contribution in [0.15, 0.2) is 42.5 Å². The number of allylic oxidation sites excluding steroid dienone is 1. The zero-order valence-corrected chi connectivity index (χ0v) is 11.6. The maximum atomic E-state index is 2.58. The van der Waals surface area contributed by atoms with Gasteiger partial charge >= 0.3 is 0 Å². The third-order valence-electron chi connectivity index (χ3n) is 4.11. The molecule has 0 bridgehead atoms. The van der Waals surface area contributed by atoms with E-state index < -0.39 is 0 Å². The van der Waals surface area contributed by atoms with Gasteiger partial charge in [0, 0.05) is 19.3 Å². The van der Waals surface area contributed by atoms with Gasteiger partial charge in [0.1, 0.15) is 5.54 Å². The van der Waals surface area contributed by atoms with Gasteiger partial charge in [-0.2, -0.15) is 0 Å². The predicted molar refractivity (Wildman–Crippen MR) is 77.6 cm³/mol. The fourth-order valence-electron chi connectivity index (χ4n) is 3.15. The summed E-state index contributed by atoms with van der Waals surface area (Å²) in [6.07, 6.45) is 12.8. The molecule has 2 rings (SSSR count). The second-order valence-electron chi connectivity index (χ2n) is 5.52. The first-order valence-corrected chi connectivity index (χ1v) is 7.37. The Hall–Kier alpha value is -1.08. The van der Waals surface area contributed by atoms with Crippen molar-refractivity contribution in [3.05, 3.63) is 48.0 Å². The van der Waals surface area contributed by atoms with Crippen LogP contribution in [-0.4, -0.2) is 12.1 Å². The summed E-state index contributed by atoms with van der Waals surface area (Å²) < 4.78 is 0. The summed E-state index contributed by atoms with van der Waals surface area (Å²) in [5.74, 6) is 0. The third-order valence-corrected chi connectivity index (χ3v) is 4.11. The van der Waals surface area contributed by atoms with E-state index in [1.54, 1.807) is 0 Å². The van der Waals surface area contributed by atoms with Gasteiger partial charge in [0.15, 0.2) is 0 Å². The molecule has 0 amide bonds. The highest BCUT2D eigenvalue weighted by Crippen LogP contribution is 2.25. The Morgan fingerprint density at radius 3 is 2.50 bits per heavy atom. The van der Waals surface area contributed by atoms with Gasteiger partial charge in [-0.25, -0.2) is 0 Å². The third kappa shape index (κ3) is 3.71. The molecule has 1 nitrogen and oxygen atoms in total. The van der Waals surface area contributed by atoms with Crippen LogP contribution in [0.1, 0.15) is 44.6 Å². The van der Waals surface area contributed by atoms with Gasteiger partial charge in [0.25, 0.3) is 0 Å². The first-order chi connectivity index (χ1) is 8.85. The van der Waals surface area contributed by atoms with Crippen LogP contribution in [0, 0.1) is 0 Å². The van der Waals surface area contributed by atoms with E-state index in [1.807, 2.05) is 0 Å². The van der Waals surface area contributed by atoms with Crippen molar-refractivity contribution >= 4 is 0 Å². The number of nitrogens with two attached hydrogens (primary N) is 1. The van der Waals surface area contributed by atoms with Crippen LogP contribution in [-0.2, 0) is 6.42 Å². The maximum absolute atomic E-state index is 2.58. The molecule has 0 spiro atoms. The first kappa shape index (κ1) is 13.4. The van der Waals surface area contributed by atoms with Crippen molar-refractivity contribution in [2.24, 2.45) is 0 Å². The minimum Gasteiger partial charge on any atom is -0.338 e. The van der Waals surface area contributed by atoms with Crippen LogP contribution in [0.4, 0.5) is 0 Å². The van der Waals surface area contributed by atoms with Gasteiger partial charge in [-0.1, -0.05) is 42.8 Å². The number of hydrogen-bond donors (Lipinski definition) is 1. The highest BCUT2D eigenvalue weighted by atomic mass is 15.0. The second-order valence-corrected chi connectivity index (χ2v) is 5.52. The summed E-state index contributed by atoms with van der Waals surface area (Å²) in [6, 6.07) is 10.8. The smallest absolute Gasteiger partial charge is 0.115 e. The summed E-state index contributed by atoms with van der Waals surface area (Å²) in [6.45, 7) is 3.36. The van der Waals surface area contributed by atoms with Crippen LogP contribution in [0.25, 0.3) is 0 Å². The molecule has 0 aromatic heterocycles. The molecular weight excluding hydrogens is 218 g/mol. The standard InChI is InChI=1S/C17H25N/c1-2-12-17(13-7-4-8-14-17)18-15-11-16-9-5-3-6-10-16/h2-3,5-6,9-10,12,18H,4,7-8,11,13-15H2,1H3/p+1/b12-2+. The number of hydrogen-bond acceptors (Lipinski definition) is 0. The summed E-state index contributed by atoms with van der Waals surface area (Å²) in [5, 5.41) is 2.58. The number of rotatable bonds is 5. The molecule has 98 valence electrons. The largest absolute Gasteiger partial charge is 0.338 e. The Balaban J connectivity index is 1.86. The van der Waals surface area contributed by atoms with Crippen molar-refractivity contribution in [3.8, 4) is 0 Å². The van der Waals surface area contributed by atoms with Crippen LogP contribution in [0.5, 0.6) is 0 Å². The van der Waals surface area contributed by atoms with Gasteiger partial charge in [-0.15, -0.1) is 0 Å². The van der Waals surface area contributed by atoms with Crippen LogP contribution >= 0.6 is 0 Å². The Morgan fingerprint density at radius 1 is 1.11 bits per heavy atom. The van der Waals surface area contributed by atoms with Crippen molar-refractivity contribution in [2.75, 3.05) is 6.54 Å². The normalized spacial score (nSPS) is 19.2. The highest BCUT2D eigenvalue weighted by Gasteiger charge is 2.31. The SMILES string of the molecule is C/C=C/C1([NH2+]CCc2ccccc2)CCCCC1. The Bertz CT molecular complexity index is 360. The van der Waals surface area contributed by atoms with Crippen molar-refractivity contribution in [1.82, 2.24) is 0 Å². The summed E-state index contributed by atoms with van der Waals surface area (Å²) in [5.41, 5.74) is 1.86. The van der Waals surface area contributed by atoms with E-state index in [0.717, 1.165) is 0 Å². The van der Waals surface area contributed by atoms with E-state index in [0.29, 0.717) is 5.54 Å². The van der Waals surface area contributed by atoms with Gasteiger partial charge in [-0.3, -0.25) is 0 Å². The summed E-state index contributed by atoms with van der Waals surface area (Å²) in [7, 11) is 0. The molecule has 0 radical (unpaired) electrons. The van der Waals surface area contributed by atoms with E-state index in [1.165, 1.54) is 50.6 Å². The molecule has 1 aromatic carbocycles. The molecule has 0 heterocycles. The Labute approximate surface area is 111 Å². The molecule has 1 heteroatoms. The van der Waals surface area contributed by atoms with Gasteiger partial charge in [0.05, 0.1) is 6.54 Å². The molecule has 2 N–H and O–H groups in total. The summed E-state index contributed by atoms with van der Waals surface area (Å²) in [4.78, 5) is 0. The molecule has 0 saturated heterocycles. The molecule has 1 aliphatic rings. The lowest BCUT2D eigenvalue weighted by Crippen LogP contribution is -2.97. The van der Waals surface area contributed by atoms with Crippen LogP contribution in [0.2, 0.25) is 0 Å². The zero-order chi connectivity index (χ0) is 12.7. The Kier molecular flexibility index (Phi) is 5.00. The van der Waals surface area contributed by atoms with Crippen LogP contribution < -0.4 is 5.32 Å². The highest BCUT2D eigenvalue weighted by molar-refractivity contribution is 5.14. The zero-order valence-electron chi connectivity index (χ0n) is 11.6. The molecular formula is C17H26N+. The van der Waals surface area contributed by atoms with Gasteiger partial charge < -0.3 is 5.32 Å². The minimum atomic E-state index is 0.405. The topological polar surface area (TPSA) is 16.6 Å². The van der Waals surface area contributed by atoms with Crippen molar-refractivity contribution < 1.29 is 5.32 Å². The summed E-state index contributed by atoms with van der Waals surface area (Å²) >= 11 is 0. The Morgan fingerprint density at radius 2 is 1.83 bits per heavy atom. The maximum Gasteiger partial charge on any atom is 0.115 e. The fraction of sp³-hybridized carbons (Fsp3) is 0.529. The number of quaternary nitrogens is 1. The molecule has 18 heavy (non-hydrogen) atoms. The fourth-order valence-corrected chi connectivity index (χ4v) is 3.15. The van der Waals surface area contributed by atoms with Crippen LogP contribution in [0.3, 0.4) is 0 Å². The monoisotopic (exact) mass is 244 g/mol. The molecule has 1 saturated carbocycles. The quantitative estimate of drug-likeness (QED) is 0.767. The second kappa shape index (κ2) is 6.75. The predicted octanol–water partition coefficient (Wildman–Crippen LogP) is 3.07. The van der Waals surface area contributed by atoms with E-state index in [4.69, 9.17) is 0 Å². The average Bonchev–Trinajstić information content (AvgIpc) is 2.41. The first-order valence-electron chi connectivity index (χ1n) is 7.37. The van der Waals surface area contributed by atoms with E-state index >= 15 is 0 Å². The number of benzene rings is 1. The molecule has 0 aliphatic heterocycles. The lowest BCUT2D eigenvalue weighted by atomic mass is 9.81. The van der Waals surface area contributed by atoms with Gasteiger partial charge in [-0.05, 0) is 31.4 Å². The molecule has 1 aromatic rings. The van der Waals surface area contributed by atoms with Crippen molar-refractivity contribution in [2.45, 2.75) is 51.0 Å². The molecule has 0 atom stereocenters. The molecule has 1 aliphatic carbocycles. The van der Waals surface area contributed by atoms with E-state index in [-0.39, 0.29) is 0 Å². The lowest BCUT2D eigenvalue weighted by Gasteiger charge is -2.32. The molecule has 0 unspecified atom stereocenters. The van der Waals surface area contributed by atoms with Crippen molar-refractivity contribution in [1.29, 1.82) is 0 Å². The van der Waals surface area contributed by atoms with E-state index in [9.17, 15) is 0 Å². The van der Waals surface area contributed by atoms with E-state index in [2.05, 4.69) is 54.7 Å². The average molecular weight is 244 g/mol. The minimum absolute atomic E-state index is 0.405. The lowest BCUT2D eigenvalue weighted by molar-refractivity contribution is -0.718.